The molecular formula is C19H27N3O. The maximum absolute atomic E-state index is 5.65. The molecule has 0 bridgehead atoms. The molecule has 0 unspecified atom stereocenters. The number of hydrogen-bond donors (Lipinski definition) is 1. The molecule has 1 aliphatic rings. The van der Waals surface area contributed by atoms with Gasteiger partial charge in [0.25, 0.3) is 0 Å². The Balaban J connectivity index is 1.62. The monoisotopic (exact) mass is 313 g/mol. The molecule has 1 fully saturated rings. The Kier molecular flexibility index (Phi) is 5.13. The van der Waals surface area contributed by atoms with Crippen molar-refractivity contribution in [2.75, 3.05) is 20.1 Å². The summed E-state index contributed by atoms with van der Waals surface area (Å²) in [5, 5.41) is 3.55. The molecule has 1 aromatic heterocycles. The van der Waals surface area contributed by atoms with Gasteiger partial charge in [0.15, 0.2) is 0 Å². The van der Waals surface area contributed by atoms with Gasteiger partial charge in [-0.2, -0.15) is 0 Å². The summed E-state index contributed by atoms with van der Waals surface area (Å²) in [5.41, 5.74) is 2.41. The Morgan fingerprint density at radius 2 is 2.04 bits per heavy atom. The largest absolute Gasteiger partial charge is 0.444 e. The van der Waals surface area contributed by atoms with Gasteiger partial charge in [-0.1, -0.05) is 30.3 Å². The van der Waals surface area contributed by atoms with Gasteiger partial charge >= 0.3 is 0 Å². The number of rotatable bonds is 5. The Morgan fingerprint density at radius 3 is 2.74 bits per heavy atom. The fourth-order valence-corrected chi connectivity index (χ4v) is 3.63. The predicted molar refractivity (Wildman–Crippen MR) is 92.2 cm³/mol. The maximum Gasteiger partial charge on any atom is 0.208 e. The lowest BCUT2D eigenvalue weighted by molar-refractivity contribution is 0.119. The van der Waals surface area contributed by atoms with Gasteiger partial charge in [-0.3, -0.25) is 4.90 Å². The van der Waals surface area contributed by atoms with Gasteiger partial charge in [0, 0.05) is 12.6 Å². The highest BCUT2D eigenvalue weighted by molar-refractivity contribution is 5.20. The third-order valence-corrected chi connectivity index (χ3v) is 4.90. The van der Waals surface area contributed by atoms with E-state index in [0.717, 1.165) is 23.9 Å². The van der Waals surface area contributed by atoms with Crippen LogP contribution in [0.5, 0.6) is 0 Å². The second kappa shape index (κ2) is 7.28. The van der Waals surface area contributed by atoms with E-state index < -0.39 is 0 Å². The van der Waals surface area contributed by atoms with Crippen LogP contribution in [0.1, 0.15) is 41.8 Å². The number of oxazole rings is 1. The molecule has 0 radical (unpaired) electrons. The van der Waals surface area contributed by atoms with Crippen molar-refractivity contribution in [1.82, 2.24) is 15.2 Å². The standard InChI is InChI=1S/C19H27N3O/c1-14-15(2)23-18(21-14)13-20-12-17-10-7-11-22(3)19(17)16-8-5-4-6-9-16/h4-6,8-9,17,19-20H,7,10-13H2,1-3H3/t17-,19-/m1/s1. The second-order valence-electron chi connectivity index (χ2n) is 6.62. The van der Waals surface area contributed by atoms with Crippen LogP contribution >= 0.6 is 0 Å². The van der Waals surface area contributed by atoms with Crippen LogP contribution in [0.2, 0.25) is 0 Å². The number of nitrogens with zero attached hydrogens (tertiary/aromatic N) is 2. The predicted octanol–water partition coefficient (Wildman–Crippen LogP) is 3.46. The molecular weight excluding hydrogens is 286 g/mol. The minimum Gasteiger partial charge on any atom is -0.444 e. The van der Waals surface area contributed by atoms with Crippen LogP contribution in [-0.2, 0) is 6.54 Å². The molecule has 2 aromatic rings. The molecule has 1 aliphatic heterocycles. The van der Waals surface area contributed by atoms with Gasteiger partial charge in [-0.05, 0) is 51.8 Å². The summed E-state index contributed by atoms with van der Waals surface area (Å²) < 4.78 is 5.65. The molecule has 0 saturated carbocycles. The first-order valence-corrected chi connectivity index (χ1v) is 8.54. The number of hydrogen-bond acceptors (Lipinski definition) is 4. The van der Waals surface area contributed by atoms with Crippen molar-refractivity contribution in [3.8, 4) is 0 Å². The topological polar surface area (TPSA) is 41.3 Å². The molecule has 124 valence electrons. The minimum atomic E-state index is 0.491. The van der Waals surface area contributed by atoms with Crippen LogP contribution in [-0.4, -0.2) is 30.0 Å². The van der Waals surface area contributed by atoms with E-state index in [2.05, 4.69) is 52.6 Å². The van der Waals surface area contributed by atoms with E-state index in [-0.39, 0.29) is 0 Å². The van der Waals surface area contributed by atoms with Crippen molar-refractivity contribution < 1.29 is 4.42 Å². The van der Waals surface area contributed by atoms with Gasteiger partial charge in [0.05, 0.1) is 12.2 Å². The van der Waals surface area contributed by atoms with E-state index in [0.29, 0.717) is 18.5 Å². The van der Waals surface area contributed by atoms with E-state index in [1.54, 1.807) is 0 Å². The summed E-state index contributed by atoms with van der Waals surface area (Å²) >= 11 is 0. The summed E-state index contributed by atoms with van der Waals surface area (Å²) in [7, 11) is 2.24. The van der Waals surface area contributed by atoms with Crippen molar-refractivity contribution in [3.05, 3.63) is 53.2 Å². The average molecular weight is 313 g/mol. The van der Waals surface area contributed by atoms with E-state index in [4.69, 9.17) is 4.42 Å². The highest BCUT2D eigenvalue weighted by atomic mass is 16.4. The van der Waals surface area contributed by atoms with E-state index in [1.165, 1.54) is 24.9 Å². The van der Waals surface area contributed by atoms with Gasteiger partial charge < -0.3 is 9.73 Å². The quantitative estimate of drug-likeness (QED) is 0.918. The van der Waals surface area contributed by atoms with Crippen LogP contribution in [0, 0.1) is 19.8 Å². The SMILES string of the molecule is Cc1nc(CNC[C@H]2CCCN(C)[C@@H]2c2ccccc2)oc1C. The van der Waals surface area contributed by atoms with Crippen LogP contribution in [0.15, 0.2) is 34.7 Å². The number of nitrogens with one attached hydrogen (secondary N) is 1. The molecule has 23 heavy (non-hydrogen) atoms. The van der Waals surface area contributed by atoms with Gasteiger partial charge in [0.1, 0.15) is 5.76 Å². The fourth-order valence-electron chi connectivity index (χ4n) is 3.63. The Bertz CT molecular complexity index is 603. The molecule has 1 aromatic carbocycles. The van der Waals surface area contributed by atoms with Crippen LogP contribution in [0.4, 0.5) is 0 Å². The molecule has 0 amide bonds. The first-order chi connectivity index (χ1) is 11.1. The number of aromatic nitrogens is 1. The average Bonchev–Trinajstić information content (AvgIpc) is 2.86. The molecule has 4 heteroatoms. The van der Waals surface area contributed by atoms with Crippen molar-refractivity contribution in [3.63, 3.8) is 0 Å². The summed E-state index contributed by atoms with van der Waals surface area (Å²) in [6.45, 7) is 6.83. The number of benzene rings is 1. The molecule has 0 spiro atoms. The normalized spacial score (nSPS) is 22.4. The van der Waals surface area contributed by atoms with Crippen molar-refractivity contribution in [2.45, 2.75) is 39.3 Å². The summed E-state index contributed by atoms with van der Waals surface area (Å²) in [5.74, 6) is 2.33. The first-order valence-electron chi connectivity index (χ1n) is 8.54. The zero-order valence-corrected chi connectivity index (χ0v) is 14.4. The molecule has 3 rings (SSSR count). The van der Waals surface area contributed by atoms with Crippen LogP contribution < -0.4 is 5.32 Å². The number of likely N-dealkylation sites (tertiary alicyclic amines) is 1. The van der Waals surface area contributed by atoms with Crippen LogP contribution in [0.3, 0.4) is 0 Å². The highest BCUT2D eigenvalue weighted by Crippen LogP contribution is 2.34. The van der Waals surface area contributed by atoms with Crippen molar-refractivity contribution in [2.24, 2.45) is 5.92 Å². The number of aryl methyl sites for hydroxylation is 2. The smallest absolute Gasteiger partial charge is 0.208 e. The Labute approximate surface area is 138 Å². The lowest BCUT2D eigenvalue weighted by Crippen LogP contribution is -2.40. The van der Waals surface area contributed by atoms with Gasteiger partial charge in [0.2, 0.25) is 5.89 Å². The lowest BCUT2D eigenvalue weighted by atomic mass is 9.85. The summed E-state index contributed by atoms with van der Waals surface area (Å²) in [4.78, 5) is 6.94. The fraction of sp³-hybridized carbons (Fsp3) is 0.526. The van der Waals surface area contributed by atoms with Crippen molar-refractivity contribution >= 4 is 0 Å². The van der Waals surface area contributed by atoms with Crippen molar-refractivity contribution in [1.29, 1.82) is 0 Å². The molecule has 2 heterocycles. The summed E-state index contributed by atoms with van der Waals surface area (Å²) in [6, 6.07) is 11.4. The third-order valence-electron chi connectivity index (χ3n) is 4.90. The van der Waals surface area contributed by atoms with Gasteiger partial charge in [-0.25, -0.2) is 4.98 Å². The molecule has 2 atom stereocenters. The minimum absolute atomic E-state index is 0.491. The number of piperidine rings is 1. The van der Waals surface area contributed by atoms with E-state index in [9.17, 15) is 0 Å². The Morgan fingerprint density at radius 1 is 1.26 bits per heavy atom. The molecule has 4 nitrogen and oxygen atoms in total. The lowest BCUT2D eigenvalue weighted by Gasteiger charge is -2.39. The second-order valence-corrected chi connectivity index (χ2v) is 6.62. The summed E-state index contributed by atoms with van der Waals surface area (Å²) in [6.07, 6.45) is 2.53. The Hall–Kier alpha value is -1.65. The van der Waals surface area contributed by atoms with Crippen LogP contribution in [0.25, 0.3) is 0 Å². The molecule has 0 aliphatic carbocycles. The van der Waals surface area contributed by atoms with Gasteiger partial charge in [-0.15, -0.1) is 0 Å². The molecule has 1 N–H and O–H groups in total. The third kappa shape index (κ3) is 3.82. The van der Waals surface area contributed by atoms with E-state index in [1.807, 2.05) is 13.8 Å². The zero-order valence-electron chi connectivity index (χ0n) is 14.4. The zero-order chi connectivity index (χ0) is 16.2. The first kappa shape index (κ1) is 16.2. The maximum atomic E-state index is 5.65. The highest BCUT2D eigenvalue weighted by Gasteiger charge is 2.30. The molecule has 1 saturated heterocycles. The van der Waals surface area contributed by atoms with E-state index >= 15 is 0 Å².